The van der Waals surface area contributed by atoms with Gasteiger partial charge in [-0.3, -0.25) is 4.90 Å². The van der Waals surface area contributed by atoms with Gasteiger partial charge in [-0.2, -0.15) is 8.78 Å². The molecular formula is C25H26BrF3N2O3S. The van der Waals surface area contributed by atoms with Gasteiger partial charge in [-0.25, -0.2) is 17.1 Å². The molecule has 2 aromatic carbocycles. The van der Waals surface area contributed by atoms with Gasteiger partial charge in [-0.1, -0.05) is 34.6 Å². The third-order valence-corrected chi connectivity index (χ3v) is 9.24. The molecule has 35 heavy (non-hydrogen) atoms. The molecule has 2 aliphatic heterocycles. The summed E-state index contributed by atoms with van der Waals surface area (Å²) in [5.41, 5.74) is -1.78. The van der Waals surface area contributed by atoms with E-state index in [1.54, 1.807) is 0 Å². The van der Waals surface area contributed by atoms with Gasteiger partial charge in [0, 0.05) is 48.2 Å². The highest BCUT2D eigenvalue weighted by molar-refractivity contribution is 9.10. The Kier molecular flexibility index (Phi) is 5.53. The Morgan fingerprint density at radius 3 is 2.29 bits per heavy atom. The SMILES string of the molecule is C=C(C)C1(F)c2cc(-c3ccc(CN4CC5(C4)CN(S(C)(=O)=O)C5)cc3Br)cc(c2OC)C1(F)F. The van der Waals surface area contributed by atoms with Crippen molar-refractivity contribution in [1.29, 1.82) is 0 Å². The van der Waals surface area contributed by atoms with Gasteiger partial charge in [0.15, 0.2) is 0 Å². The maximum Gasteiger partial charge on any atom is 0.318 e. The van der Waals surface area contributed by atoms with Crippen LogP contribution in [-0.4, -0.2) is 57.2 Å². The van der Waals surface area contributed by atoms with Gasteiger partial charge >= 0.3 is 5.92 Å². The van der Waals surface area contributed by atoms with Crippen molar-refractivity contribution >= 4 is 26.0 Å². The lowest BCUT2D eigenvalue weighted by atomic mass is 9.74. The predicted molar refractivity (Wildman–Crippen MR) is 132 cm³/mol. The van der Waals surface area contributed by atoms with Crippen LogP contribution in [0.15, 0.2) is 47.0 Å². The third-order valence-electron chi connectivity index (χ3n) is 7.38. The molecule has 2 bridgehead atoms. The summed E-state index contributed by atoms with van der Waals surface area (Å²) in [6.07, 6.45) is 1.23. The van der Waals surface area contributed by atoms with Crippen LogP contribution in [0, 0.1) is 5.41 Å². The Morgan fingerprint density at radius 2 is 1.74 bits per heavy atom. The van der Waals surface area contributed by atoms with Crippen molar-refractivity contribution < 1.29 is 26.3 Å². The average molecular weight is 571 g/mol. The van der Waals surface area contributed by atoms with E-state index in [4.69, 9.17) is 4.74 Å². The highest BCUT2D eigenvalue weighted by atomic mass is 79.9. The number of sulfonamides is 1. The number of benzene rings is 2. The van der Waals surface area contributed by atoms with Gasteiger partial charge in [-0.15, -0.1) is 0 Å². The summed E-state index contributed by atoms with van der Waals surface area (Å²) < 4.78 is 76.6. The minimum Gasteiger partial charge on any atom is -0.496 e. The van der Waals surface area contributed by atoms with Gasteiger partial charge in [-0.05, 0) is 47.4 Å². The Hall–Kier alpha value is -1.88. The fourth-order valence-electron chi connectivity index (χ4n) is 5.65. The molecule has 188 valence electrons. The van der Waals surface area contributed by atoms with Crippen LogP contribution in [0.5, 0.6) is 5.75 Å². The average Bonchev–Trinajstić information content (AvgIpc) is 2.80. The summed E-state index contributed by atoms with van der Waals surface area (Å²) in [5.74, 6) is -3.93. The predicted octanol–water partition coefficient (Wildman–Crippen LogP) is 5.05. The highest BCUT2D eigenvalue weighted by Crippen LogP contribution is 2.63. The van der Waals surface area contributed by atoms with Crippen LogP contribution in [0.1, 0.15) is 23.6 Å². The molecule has 2 saturated heterocycles. The molecule has 3 aliphatic rings. The third kappa shape index (κ3) is 3.59. The van der Waals surface area contributed by atoms with Crippen LogP contribution in [0.4, 0.5) is 13.2 Å². The molecule has 2 aromatic rings. The Morgan fingerprint density at radius 1 is 1.11 bits per heavy atom. The zero-order valence-electron chi connectivity index (χ0n) is 19.7. The van der Waals surface area contributed by atoms with Crippen LogP contribution in [0.2, 0.25) is 0 Å². The Labute approximate surface area is 211 Å². The first-order chi connectivity index (χ1) is 16.2. The van der Waals surface area contributed by atoms with Crippen molar-refractivity contribution in [3.63, 3.8) is 0 Å². The van der Waals surface area contributed by atoms with Crippen LogP contribution in [0.3, 0.4) is 0 Å². The molecule has 1 aliphatic carbocycles. The number of nitrogens with zero attached hydrogens (tertiary/aromatic N) is 2. The molecule has 0 radical (unpaired) electrons. The van der Waals surface area contributed by atoms with Crippen molar-refractivity contribution in [2.24, 2.45) is 5.41 Å². The highest BCUT2D eigenvalue weighted by Gasteiger charge is 2.65. The molecule has 2 fully saturated rings. The lowest BCUT2D eigenvalue weighted by Crippen LogP contribution is -2.72. The lowest BCUT2D eigenvalue weighted by molar-refractivity contribution is -0.122. The van der Waals surface area contributed by atoms with Crippen molar-refractivity contribution in [3.05, 3.63) is 63.6 Å². The van der Waals surface area contributed by atoms with Crippen molar-refractivity contribution in [3.8, 4) is 16.9 Å². The van der Waals surface area contributed by atoms with E-state index in [9.17, 15) is 8.42 Å². The van der Waals surface area contributed by atoms with E-state index in [0.29, 0.717) is 35.2 Å². The number of rotatable bonds is 6. The van der Waals surface area contributed by atoms with E-state index in [-0.39, 0.29) is 22.3 Å². The van der Waals surface area contributed by atoms with Crippen LogP contribution >= 0.6 is 15.9 Å². The number of methoxy groups -OCH3 is 1. The molecule has 5 rings (SSSR count). The van der Waals surface area contributed by atoms with Crippen LogP contribution < -0.4 is 4.74 Å². The first-order valence-corrected chi connectivity index (χ1v) is 13.8. The number of hydrogen-bond acceptors (Lipinski definition) is 4. The molecule has 10 heteroatoms. The summed E-state index contributed by atoms with van der Waals surface area (Å²) in [4.78, 5) is 2.25. The van der Waals surface area contributed by atoms with Crippen LogP contribution in [0.25, 0.3) is 11.1 Å². The van der Waals surface area contributed by atoms with Crippen molar-refractivity contribution in [2.45, 2.75) is 25.1 Å². The molecule has 0 N–H and O–H groups in total. The molecule has 5 nitrogen and oxygen atoms in total. The molecule has 1 spiro atoms. The number of ether oxygens (including phenoxy) is 1. The maximum atomic E-state index is 15.7. The molecule has 1 unspecified atom stereocenters. The van der Waals surface area contributed by atoms with Gasteiger partial charge in [0.05, 0.1) is 18.9 Å². The van der Waals surface area contributed by atoms with Crippen LogP contribution in [-0.2, 0) is 28.2 Å². The van der Waals surface area contributed by atoms with E-state index in [1.807, 2.05) is 18.2 Å². The number of hydrogen-bond donors (Lipinski definition) is 0. The summed E-state index contributed by atoms with van der Waals surface area (Å²) in [7, 11) is -1.87. The molecule has 2 heterocycles. The quantitative estimate of drug-likeness (QED) is 0.456. The fourth-order valence-corrected chi connectivity index (χ4v) is 7.32. The van der Waals surface area contributed by atoms with Gasteiger partial charge < -0.3 is 4.74 Å². The first-order valence-electron chi connectivity index (χ1n) is 11.1. The lowest BCUT2D eigenvalue weighted by Gasteiger charge is -2.59. The van der Waals surface area contributed by atoms with Crippen molar-refractivity contribution in [2.75, 3.05) is 39.5 Å². The molecule has 1 atom stereocenters. The Balaban J connectivity index is 1.36. The zero-order valence-corrected chi connectivity index (χ0v) is 22.1. The maximum absolute atomic E-state index is 15.7. The topological polar surface area (TPSA) is 49.9 Å². The fraction of sp³-hybridized carbons (Fsp3) is 0.440. The number of halogens is 4. The standard InChI is InChI=1S/C25H26BrF3N2O3S/c1-15(2)24(27)19-8-17(9-20(22(19)34-3)25(24,28)29)18-6-5-16(7-21(18)26)10-30-11-23(12-30)13-31(14-23)35(4,32)33/h5-9H,1,10-14H2,2-4H3. The first kappa shape index (κ1) is 24.8. The number of alkyl halides is 3. The van der Waals surface area contributed by atoms with E-state index in [2.05, 4.69) is 27.4 Å². The van der Waals surface area contributed by atoms with E-state index in [1.165, 1.54) is 36.7 Å². The molecule has 0 amide bonds. The van der Waals surface area contributed by atoms with Gasteiger partial charge in [0.2, 0.25) is 15.7 Å². The second-order valence-electron chi connectivity index (χ2n) is 10.1. The second-order valence-corrected chi connectivity index (χ2v) is 12.9. The summed E-state index contributed by atoms with van der Waals surface area (Å²) >= 11 is 3.56. The molecule has 0 aromatic heterocycles. The summed E-state index contributed by atoms with van der Waals surface area (Å²) in [6, 6.07) is 8.40. The summed E-state index contributed by atoms with van der Waals surface area (Å²) in [6.45, 7) is 8.24. The van der Waals surface area contributed by atoms with E-state index in [0.717, 1.165) is 18.7 Å². The molecule has 0 saturated carbocycles. The number of allylic oxidation sites excluding steroid dienone is 1. The smallest absolute Gasteiger partial charge is 0.318 e. The van der Waals surface area contributed by atoms with E-state index < -0.39 is 27.2 Å². The zero-order chi connectivity index (χ0) is 25.6. The number of fused-ring (bicyclic) bond motifs is 2. The van der Waals surface area contributed by atoms with E-state index >= 15 is 13.2 Å². The second kappa shape index (κ2) is 7.81. The number of likely N-dealkylation sites (tertiary alicyclic amines) is 1. The van der Waals surface area contributed by atoms with Gasteiger partial charge in [0.1, 0.15) is 5.75 Å². The largest absolute Gasteiger partial charge is 0.496 e. The summed E-state index contributed by atoms with van der Waals surface area (Å²) in [5, 5.41) is 0. The van der Waals surface area contributed by atoms with Gasteiger partial charge in [0.25, 0.3) is 0 Å². The Bertz CT molecular complexity index is 1350. The van der Waals surface area contributed by atoms with Crippen molar-refractivity contribution in [1.82, 2.24) is 9.21 Å². The monoisotopic (exact) mass is 570 g/mol. The minimum absolute atomic E-state index is 0.0543. The normalized spacial score (nSPS) is 24.8. The minimum atomic E-state index is -3.79. The molecular weight excluding hydrogens is 545 g/mol.